The van der Waals surface area contributed by atoms with Crippen molar-refractivity contribution >= 4 is 5.91 Å². The van der Waals surface area contributed by atoms with Crippen LogP contribution in [0.2, 0.25) is 0 Å². The molecule has 0 aliphatic heterocycles. The number of carbonyl (C=O) groups is 1. The molecule has 0 aliphatic carbocycles. The van der Waals surface area contributed by atoms with E-state index in [2.05, 4.69) is 5.32 Å². The van der Waals surface area contributed by atoms with Gasteiger partial charge in [-0.05, 0) is 18.1 Å². The number of nitrogens with zero attached hydrogens (tertiary/aromatic N) is 1. The molecule has 1 aromatic carbocycles. The van der Waals surface area contributed by atoms with E-state index in [-0.39, 0.29) is 12.5 Å². The smallest absolute Gasteiger partial charge is 0.340 e. The van der Waals surface area contributed by atoms with E-state index in [0.29, 0.717) is 6.54 Å². The van der Waals surface area contributed by atoms with E-state index in [4.69, 9.17) is 0 Å². The molecule has 0 fully saturated rings. The Balaban J connectivity index is 2.43. The van der Waals surface area contributed by atoms with Crippen LogP contribution >= 0.6 is 0 Å². The monoisotopic (exact) mass is 274 g/mol. The molecule has 1 aromatic rings. The van der Waals surface area contributed by atoms with Crippen LogP contribution in [0.1, 0.15) is 11.1 Å². The first-order chi connectivity index (χ1) is 8.79. The van der Waals surface area contributed by atoms with Crippen molar-refractivity contribution in [1.29, 1.82) is 0 Å². The van der Waals surface area contributed by atoms with Gasteiger partial charge in [0.2, 0.25) is 5.91 Å². The topological polar surface area (TPSA) is 32.3 Å². The minimum atomic E-state index is -4.30. The van der Waals surface area contributed by atoms with Gasteiger partial charge < -0.3 is 10.2 Å². The third-order valence-corrected chi connectivity index (χ3v) is 2.70. The summed E-state index contributed by atoms with van der Waals surface area (Å²) in [7, 11) is 1.57. The predicted molar refractivity (Wildman–Crippen MR) is 66.6 cm³/mol. The van der Waals surface area contributed by atoms with Crippen LogP contribution in [0.3, 0.4) is 0 Å². The number of likely N-dealkylation sites (N-methyl/N-ethyl adjacent to an activating group) is 1. The number of hydrogen-bond donors (Lipinski definition) is 1. The Labute approximate surface area is 110 Å². The number of aryl methyl sites for hydroxylation is 1. The summed E-state index contributed by atoms with van der Waals surface area (Å²) in [6.07, 6.45) is -4.30. The summed E-state index contributed by atoms with van der Waals surface area (Å²) in [5.74, 6) is -0.368. The zero-order valence-electron chi connectivity index (χ0n) is 10.9. The summed E-state index contributed by atoms with van der Waals surface area (Å²) < 4.78 is 35.8. The Morgan fingerprint density at radius 2 is 1.95 bits per heavy atom. The summed E-state index contributed by atoms with van der Waals surface area (Å²) >= 11 is 0. The maximum atomic E-state index is 11.9. The predicted octanol–water partition coefficient (Wildman–Crippen LogP) is 2.11. The lowest BCUT2D eigenvalue weighted by Gasteiger charge is -2.19. The third kappa shape index (κ3) is 5.74. The number of benzene rings is 1. The maximum Gasteiger partial charge on any atom is 0.401 e. The highest BCUT2D eigenvalue weighted by atomic mass is 19.4. The molecule has 0 saturated carbocycles. The summed E-state index contributed by atoms with van der Waals surface area (Å²) in [6.45, 7) is 0.841. The van der Waals surface area contributed by atoms with Crippen LogP contribution in [0, 0.1) is 6.92 Å². The van der Waals surface area contributed by atoms with Crippen molar-refractivity contribution < 1.29 is 18.0 Å². The first-order valence-corrected chi connectivity index (χ1v) is 5.85. The van der Waals surface area contributed by atoms with Crippen molar-refractivity contribution in [3.05, 3.63) is 35.4 Å². The highest BCUT2D eigenvalue weighted by Crippen LogP contribution is 2.12. The molecule has 1 rings (SSSR count). The Bertz CT molecular complexity index is 432. The largest absolute Gasteiger partial charge is 0.401 e. The van der Waals surface area contributed by atoms with Gasteiger partial charge >= 0.3 is 6.18 Å². The van der Waals surface area contributed by atoms with Crippen molar-refractivity contribution in [3.8, 4) is 0 Å². The minimum absolute atomic E-state index is 0.318. The Hall–Kier alpha value is -1.56. The molecule has 0 aromatic heterocycles. The van der Waals surface area contributed by atoms with E-state index in [1.54, 1.807) is 7.05 Å². The summed E-state index contributed by atoms with van der Waals surface area (Å²) in [5.41, 5.74) is 2.03. The van der Waals surface area contributed by atoms with Crippen LogP contribution in [-0.2, 0) is 11.3 Å². The molecule has 0 atom stereocenters. The van der Waals surface area contributed by atoms with E-state index in [1.165, 1.54) is 4.90 Å². The second-order valence-corrected chi connectivity index (χ2v) is 4.40. The molecule has 0 heterocycles. The van der Waals surface area contributed by atoms with E-state index < -0.39 is 12.7 Å². The van der Waals surface area contributed by atoms with Gasteiger partial charge in [0.25, 0.3) is 0 Å². The molecule has 19 heavy (non-hydrogen) atoms. The van der Waals surface area contributed by atoms with Crippen LogP contribution in [-0.4, -0.2) is 37.1 Å². The molecule has 0 radical (unpaired) electrons. The molecule has 1 N–H and O–H groups in total. The third-order valence-electron chi connectivity index (χ3n) is 2.70. The molecule has 1 amide bonds. The normalized spacial score (nSPS) is 11.4. The van der Waals surface area contributed by atoms with Crippen LogP contribution < -0.4 is 5.32 Å². The van der Waals surface area contributed by atoms with Gasteiger partial charge in [0, 0.05) is 13.6 Å². The van der Waals surface area contributed by atoms with Crippen molar-refractivity contribution in [3.63, 3.8) is 0 Å². The zero-order chi connectivity index (χ0) is 14.5. The fourth-order valence-corrected chi connectivity index (χ4v) is 1.58. The molecular weight excluding hydrogens is 257 g/mol. The van der Waals surface area contributed by atoms with E-state index in [9.17, 15) is 18.0 Å². The van der Waals surface area contributed by atoms with Crippen LogP contribution in [0.5, 0.6) is 0 Å². The van der Waals surface area contributed by atoms with Crippen LogP contribution in [0.15, 0.2) is 24.3 Å². The first kappa shape index (κ1) is 15.5. The van der Waals surface area contributed by atoms with Crippen molar-refractivity contribution in [2.24, 2.45) is 0 Å². The number of nitrogens with one attached hydrogen (secondary N) is 1. The lowest BCUT2D eigenvalue weighted by molar-refractivity contribution is -0.133. The van der Waals surface area contributed by atoms with E-state index in [1.807, 2.05) is 31.2 Å². The lowest BCUT2D eigenvalue weighted by Crippen LogP contribution is -2.39. The molecule has 0 aliphatic rings. The molecule has 0 spiro atoms. The van der Waals surface area contributed by atoms with Crippen LogP contribution in [0.25, 0.3) is 0 Å². The highest BCUT2D eigenvalue weighted by Gasteiger charge is 2.26. The summed E-state index contributed by atoms with van der Waals surface area (Å²) in [6, 6.07) is 7.58. The average molecular weight is 274 g/mol. The molecule has 106 valence electrons. The second kappa shape index (κ2) is 6.56. The standard InChI is InChI=1S/C13H17F3N2O/c1-10-5-3-4-6-11(10)8-18(2)12(19)7-17-9-13(14,15)16/h3-6,17H,7-9H2,1-2H3. The van der Waals surface area contributed by atoms with Crippen LogP contribution in [0.4, 0.5) is 13.2 Å². The van der Waals surface area contributed by atoms with Gasteiger partial charge in [-0.15, -0.1) is 0 Å². The summed E-state index contributed by atoms with van der Waals surface area (Å²) in [4.78, 5) is 13.0. The Morgan fingerprint density at radius 1 is 1.32 bits per heavy atom. The fraction of sp³-hybridized carbons (Fsp3) is 0.462. The molecule has 0 saturated heterocycles. The highest BCUT2D eigenvalue weighted by molar-refractivity contribution is 5.78. The molecule has 0 bridgehead atoms. The quantitative estimate of drug-likeness (QED) is 0.892. The maximum absolute atomic E-state index is 11.9. The Morgan fingerprint density at radius 3 is 2.53 bits per heavy atom. The second-order valence-electron chi connectivity index (χ2n) is 4.40. The number of hydrogen-bond acceptors (Lipinski definition) is 2. The van der Waals surface area contributed by atoms with Gasteiger partial charge in [-0.2, -0.15) is 13.2 Å². The lowest BCUT2D eigenvalue weighted by atomic mass is 10.1. The SMILES string of the molecule is Cc1ccccc1CN(C)C(=O)CNCC(F)(F)F. The molecular formula is C13H17F3N2O. The van der Waals surface area contributed by atoms with E-state index >= 15 is 0 Å². The molecule has 0 unspecified atom stereocenters. The molecule has 3 nitrogen and oxygen atoms in total. The number of alkyl halides is 3. The number of halogens is 3. The number of amides is 1. The van der Waals surface area contributed by atoms with Gasteiger partial charge in [0.15, 0.2) is 0 Å². The van der Waals surface area contributed by atoms with Crippen molar-refractivity contribution in [2.75, 3.05) is 20.1 Å². The Kier molecular flexibility index (Phi) is 5.35. The van der Waals surface area contributed by atoms with E-state index in [0.717, 1.165) is 11.1 Å². The summed E-state index contributed by atoms with van der Waals surface area (Å²) in [5, 5.41) is 2.09. The zero-order valence-corrected chi connectivity index (χ0v) is 10.9. The first-order valence-electron chi connectivity index (χ1n) is 5.85. The van der Waals surface area contributed by atoms with Gasteiger partial charge in [-0.1, -0.05) is 24.3 Å². The van der Waals surface area contributed by atoms with Gasteiger partial charge in [-0.3, -0.25) is 4.79 Å². The number of carbonyl (C=O) groups excluding carboxylic acids is 1. The average Bonchev–Trinajstić information content (AvgIpc) is 2.30. The molecule has 6 heteroatoms. The number of rotatable bonds is 5. The van der Waals surface area contributed by atoms with Gasteiger partial charge in [0.1, 0.15) is 0 Å². The van der Waals surface area contributed by atoms with Crippen molar-refractivity contribution in [2.45, 2.75) is 19.6 Å². The van der Waals surface area contributed by atoms with Crippen molar-refractivity contribution in [1.82, 2.24) is 10.2 Å². The fourth-order valence-electron chi connectivity index (χ4n) is 1.58. The van der Waals surface area contributed by atoms with Gasteiger partial charge in [-0.25, -0.2) is 0 Å². The van der Waals surface area contributed by atoms with Gasteiger partial charge in [0.05, 0.1) is 13.1 Å². The minimum Gasteiger partial charge on any atom is -0.340 e.